The van der Waals surface area contributed by atoms with E-state index in [1.807, 2.05) is 29.0 Å². The Morgan fingerprint density at radius 3 is 2.84 bits per heavy atom. The van der Waals surface area contributed by atoms with E-state index in [0.717, 1.165) is 25.9 Å². The maximum Gasteiger partial charge on any atom is 0.204 e. The van der Waals surface area contributed by atoms with Crippen molar-refractivity contribution in [2.24, 2.45) is 0 Å². The second-order valence-electron chi connectivity index (χ2n) is 3.95. The van der Waals surface area contributed by atoms with Crippen LogP contribution in [0.4, 0.5) is 0 Å². The number of carbonyl (C=O) groups is 1. The Labute approximate surface area is 126 Å². The molecule has 0 fully saturated rings. The van der Waals surface area contributed by atoms with Crippen molar-refractivity contribution in [2.75, 3.05) is 7.11 Å². The molecule has 0 saturated carbocycles. The molecule has 1 aromatic carbocycles. The van der Waals surface area contributed by atoms with Gasteiger partial charge < -0.3 is 4.74 Å². The highest BCUT2D eigenvalue weighted by Crippen LogP contribution is 2.34. The topological polar surface area (TPSA) is 26.3 Å². The number of benzene rings is 1. The van der Waals surface area contributed by atoms with Gasteiger partial charge in [0.2, 0.25) is 5.78 Å². The van der Waals surface area contributed by atoms with E-state index in [2.05, 4.69) is 15.9 Å². The van der Waals surface area contributed by atoms with Crippen molar-refractivity contribution >= 4 is 54.5 Å². The predicted octanol–water partition coefficient (Wildman–Crippen LogP) is 4.96. The van der Waals surface area contributed by atoms with Gasteiger partial charge in [0.1, 0.15) is 5.75 Å². The van der Waals surface area contributed by atoms with Gasteiger partial charge in [0.15, 0.2) is 0 Å². The van der Waals surface area contributed by atoms with Crippen LogP contribution in [0, 0.1) is 0 Å². The Hall–Kier alpha value is -1.17. The summed E-state index contributed by atoms with van der Waals surface area (Å²) in [7, 11) is 1.60. The fourth-order valence-corrected chi connectivity index (χ4v) is 4.29. The van der Waals surface area contributed by atoms with Crippen LogP contribution >= 0.6 is 38.6 Å². The number of methoxy groups -OCH3 is 1. The number of hydrogen-bond donors (Lipinski definition) is 0. The van der Waals surface area contributed by atoms with Gasteiger partial charge in [0, 0.05) is 36.9 Å². The SMILES string of the molecule is COc1csc(C(=O)c2csc3c(Br)cccc23)c1. The molecule has 3 aromatic rings. The molecule has 0 N–H and O–H groups in total. The minimum absolute atomic E-state index is 0.0534. The first-order valence-corrected chi connectivity index (χ1v) is 8.09. The lowest BCUT2D eigenvalue weighted by atomic mass is 10.1. The third-order valence-electron chi connectivity index (χ3n) is 2.83. The molecule has 0 aliphatic rings. The molecule has 0 radical (unpaired) electrons. The molecule has 0 bridgehead atoms. The number of fused-ring (bicyclic) bond motifs is 1. The van der Waals surface area contributed by atoms with E-state index in [1.54, 1.807) is 24.5 Å². The van der Waals surface area contributed by atoms with Gasteiger partial charge in [-0.1, -0.05) is 12.1 Å². The number of ketones is 1. The zero-order valence-electron chi connectivity index (χ0n) is 9.98. The summed E-state index contributed by atoms with van der Waals surface area (Å²) >= 11 is 6.51. The molecular weight excluding hydrogens is 344 g/mol. The average Bonchev–Trinajstić information content (AvgIpc) is 3.05. The second kappa shape index (κ2) is 5.07. The summed E-state index contributed by atoms with van der Waals surface area (Å²) in [5, 5.41) is 4.76. The second-order valence-corrected chi connectivity index (χ2v) is 6.59. The van der Waals surface area contributed by atoms with Crippen LogP contribution in [0.3, 0.4) is 0 Å². The summed E-state index contributed by atoms with van der Waals surface area (Å²) in [6.45, 7) is 0. The van der Waals surface area contributed by atoms with Crippen molar-refractivity contribution in [2.45, 2.75) is 0 Å². The minimum Gasteiger partial charge on any atom is -0.496 e. The van der Waals surface area contributed by atoms with Crippen molar-refractivity contribution in [3.05, 3.63) is 49.9 Å². The van der Waals surface area contributed by atoms with Crippen LogP contribution in [0.1, 0.15) is 15.2 Å². The summed E-state index contributed by atoms with van der Waals surface area (Å²) in [6, 6.07) is 7.70. The molecule has 0 aliphatic carbocycles. The number of halogens is 1. The normalized spacial score (nSPS) is 10.8. The van der Waals surface area contributed by atoms with E-state index in [9.17, 15) is 4.79 Å². The van der Waals surface area contributed by atoms with E-state index in [0.29, 0.717) is 4.88 Å². The van der Waals surface area contributed by atoms with E-state index in [4.69, 9.17) is 4.74 Å². The van der Waals surface area contributed by atoms with E-state index in [1.165, 1.54) is 11.3 Å². The molecule has 0 saturated heterocycles. The molecule has 2 aromatic heterocycles. The number of thiophene rings is 2. The zero-order valence-corrected chi connectivity index (χ0v) is 13.2. The first kappa shape index (κ1) is 12.8. The number of rotatable bonds is 3. The third-order valence-corrected chi connectivity index (χ3v) is 5.69. The van der Waals surface area contributed by atoms with Crippen LogP contribution in [0.25, 0.3) is 10.1 Å². The maximum absolute atomic E-state index is 12.5. The Morgan fingerprint density at radius 1 is 1.26 bits per heavy atom. The molecule has 0 spiro atoms. The number of carbonyl (C=O) groups excluding carboxylic acids is 1. The van der Waals surface area contributed by atoms with Gasteiger partial charge in [0.05, 0.1) is 12.0 Å². The van der Waals surface area contributed by atoms with Crippen LogP contribution in [-0.2, 0) is 0 Å². The first-order chi connectivity index (χ1) is 9.20. The molecule has 2 heterocycles. The standard InChI is InChI=1S/C14H9BrO2S2/c1-17-8-5-12(18-6-8)13(16)10-7-19-14-9(10)3-2-4-11(14)15/h2-7H,1H3. The molecule has 3 rings (SSSR count). The van der Waals surface area contributed by atoms with Crippen molar-refractivity contribution in [1.29, 1.82) is 0 Å². The van der Waals surface area contributed by atoms with E-state index >= 15 is 0 Å². The first-order valence-electron chi connectivity index (χ1n) is 5.53. The van der Waals surface area contributed by atoms with Gasteiger partial charge in [0.25, 0.3) is 0 Å². The number of ether oxygens (including phenoxy) is 1. The molecule has 0 amide bonds. The van der Waals surface area contributed by atoms with Gasteiger partial charge in [-0.3, -0.25) is 4.79 Å². The van der Waals surface area contributed by atoms with Crippen LogP contribution in [-0.4, -0.2) is 12.9 Å². The Morgan fingerprint density at radius 2 is 2.11 bits per heavy atom. The van der Waals surface area contributed by atoms with Gasteiger partial charge in [-0.05, 0) is 22.0 Å². The van der Waals surface area contributed by atoms with Crippen LogP contribution in [0.15, 0.2) is 39.5 Å². The predicted molar refractivity (Wildman–Crippen MR) is 83.8 cm³/mol. The lowest BCUT2D eigenvalue weighted by molar-refractivity contribution is 0.104. The summed E-state index contributed by atoms with van der Waals surface area (Å²) in [5.74, 6) is 0.784. The summed E-state index contributed by atoms with van der Waals surface area (Å²) in [6.07, 6.45) is 0. The van der Waals surface area contributed by atoms with Crippen LogP contribution < -0.4 is 4.74 Å². The molecule has 19 heavy (non-hydrogen) atoms. The fourth-order valence-electron chi connectivity index (χ4n) is 1.88. The van der Waals surface area contributed by atoms with E-state index in [-0.39, 0.29) is 5.78 Å². The monoisotopic (exact) mass is 352 g/mol. The highest BCUT2D eigenvalue weighted by atomic mass is 79.9. The molecular formula is C14H9BrO2S2. The molecule has 5 heteroatoms. The summed E-state index contributed by atoms with van der Waals surface area (Å²) in [5.41, 5.74) is 0.755. The Balaban J connectivity index is 2.09. The molecule has 96 valence electrons. The number of hydrogen-bond acceptors (Lipinski definition) is 4. The lowest BCUT2D eigenvalue weighted by Gasteiger charge is -1.97. The highest BCUT2D eigenvalue weighted by molar-refractivity contribution is 9.10. The van der Waals surface area contributed by atoms with Gasteiger partial charge >= 0.3 is 0 Å². The summed E-state index contributed by atoms with van der Waals surface area (Å²) < 4.78 is 7.25. The third kappa shape index (κ3) is 2.22. The molecule has 2 nitrogen and oxygen atoms in total. The van der Waals surface area contributed by atoms with Crippen LogP contribution in [0.2, 0.25) is 0 Å². The van der Waals surface area contributed by atoms with Crippen molar-refractivity contribution in [1.82, 2.24) is 0 Å². The quantitative estimate of drug-likeness (QED) is 0.622. The fraction of sp³-hybridized carbons (Fsp3) is 0.0714. The van der Waals surface area contributed by atoms with Crippen molar-refractivity contribution in [3.8, 4) is 5.75 Å². The van der Waals surface area contributed by atoms with Gasteiger partial charge in [-0.25, -0.2) is 0 Å². The largest absolute Gasteiger partial charge is 0.496 e. The maximum atomic E-state index is 12.5. The van der Waals surface area contributed by atoms with E-state index < -0.39 is 0 Å². The molecule has 0 unspecified atom stereocenters. The van der Waals surface area contributed by atoms with Gasteiger partial charge in [-0.2, -0.15) is 0 Å². The Bertz CT molecular complexity index is 758. The highest BCUT2D eigenvalue weighted by Gasteiger charge is 2.17. The molecule has 0 atom stereocenters. The smallest absolute Gasteiger partial charge is 0.204 e. The molecule has 0 aliphatic heterocycles. The lowest BCUT2D eigenvalue weighted by Crippen LogP contribution is -1.96. The van der Waals surface area contributed by atoms with Crippen molar-refractivity contribution < 1.29 is 9.53 Å². The summed E-state index contributed by atoms with van der Waals surface area (Å²) in [4.78, 5) is 13.2. The van der Waals surface area contributed by atoms with Crippen molar-refractivity contribution in [3.63, 3.8) is 0 Å². The Kier molecular flexibility index (Phi) is 3.43. The average molecular weight is 353 g/mol. The van der Waals surface area contributed by atoms with Crippen LogP contribution in [0.5, 0.6) is 5.75 Å². The zero-order chi connectivity index (χ0) is 13.4. The minimum atomic E-state index is 0.0534. The van der Waals surface area contributed by atoms with Gasteiger partial charge in [-0.15, -0.1) is 22.7 Å².